The van der Waals surface area contributed by atoms with Gasteiger partial charge in [-0.2, -0.15) is 9.61 Å². The minimum Gasteiger partial charge on any atom is -0.362 e. The summed E-state index contributed by atoms with van der Waals surface area (Å²) in [4.78, 5) is 9.19. The Bertz CT molecular complexity index is 850. The molecule has 1 unspecified atom stereocenters. The average Bonchev–Trinajstić information content (AvgIpc) is 2.81. The van der Waals surface area contributed by atoms with E-state index < -0.39 is 0 Å². The van der Waals surface area contributed by atoms with Gasteiger partial charge in [0, 0.05) is 23.5 Å². The molecule has 5 nitrogen and oxygen atoms in total. The van der Waals surface area contributed by atoms with Gasteiger partial charge in [-0.05, 0) is 45.7 Å². The molecule has 0 saturated carbocycles. The smallest absolute Gasteiger partial charge is 0.160 e. The Balaban J connectivity index is 2.06. The largest absolute Gasteiger partial charge is 0.362 e. The third kappa shape index (κ3) is 2.79. The second-order valence-corrected chi connectivity index (χ2v) is 6.04. The first-order valence-corrected chi connectivity index (χ1v) is 8.03. The fraction of sp³-hybridized carbons (Fsp3) is 0.389. The van der Waals surface area contributed by atoms with Crippen LogP contribution in [-0.4, -0.2) is 19.6 Å². The van der Waals surface area contributed by atoms with Gasteiger partial charge in [0.05, 0.1) is 17.4 Å². The van der Waals surface area contributed by atoms with Gasteiger partial charge in [0.2, 0.25) is 0 Å². The van der Waals surface area contributed by atoms with Crippen LogP contribution in [0.5, 0.6) is 0 Å². The molecule has 3 rings (SSSR count). The summed E-state index contributed by atoms with van der Waals surface area (Å²) >= 11 is 0. The van der Waals surface area contributed by atoms with E-state index in [1.54, 1.807) is 0 Å². The third-order valence-corrected chi connectivity index (χ3v) is 4.30. The zero-order valence-corrected chi connectivity index (χ0v) is 14.4. The number of anilines is 1. The Morgan fingerprint density at radius 2 is 2.00 bits per heavy atom. The van der Waals surface area contributed by atoms with E-state index in [1.807, 2.05) is 36.7 Å². The lowest BCUT2D eigenvalue weighted by Gasteiger charge is -2.20. The van der Waals surface area contributed by atoms with Gasteiger partial charge in [-0.15, -0.1) is 0 Å². The third-order valence-electron chi connectivity index (χ3n) is 4.30. The van der Waals surface area contributed by atoms with Crippen LogP contribution < -0.4 is 5.32 Å². The molecule has 1 atom stereocenters. The summed E-state index contributed by atoms with van der Waals surface area (Å²) in [5.41, 5.74) is 6.31. The quantitative estimate of drug-likeness (QED) is 0.793. The van der Waals surface area contributed by atoms with Crippen molar-refractivity contribution in [3.8, 4) is 0 Å². The highest BCUT2D eigenvalue weighted by Crippen LogP contribution is 2.25. The summed E-state index contributed by atoms with van der Waals surface area (Å²) in [6, 6.07) is 6.26. The van der Waals surface area contributed by atoms with Gasteiger partial charge >= 0.3 is 0 Å². The molecule has 5 heteroatoms. The average molecular weight is 309 g/mol. The van der Waals surface area contributed by atoms with Crippen molar-refractivity contribution in [2.45, 2.75) is 47.1 Å². The Labute approximate surface area is 136 Å². The van der Waals surface area contributed by atoms with Crippen molar-refractivity contribution in [2.75, 3.05) is 5.32 Å². The van der Waals surface area contributed by atoms with Gasteiger partial charge in [0.25, 0.3) is 0 Å². The molecular weight excluding hydrogens is 286 g/mol. The lowest BCUT2D eigenvalue weighted by Crippen LogP contribution is -2.15. The molecule has 3 aromatic heterocycles. The van der Waals surface area contributed by atoms with Gasteiger partial charge in [0.15, 0.2) is 5.65 Å². The van der Waals surface area contributed by atoms with Crippen LogP contribution in [0.1, 0.15) is 47.6 Å². The second kappa shape index (κ2) is 5.99. The Kier molecular flexibility index (Phi) is 4.03. The lowest BCUT2D eigenvalue weighted by molar-refractivity contribution is 0.704. The van der Waals surface area contributed by atoms with E-state index in [4.69, 9.17) is 0 Å². The molecule has 0 aromatic carbocycles. The van der Waals surface area contributed by atoms with Crippen LogP contribution in [0.4, 0.5) is 5.82 Å². The number of aromatic nitrogens is 4. The van der Waals surface area contributed by atoms with Crippen molar-refractivity contribution in [1.29, 1.82) is 0 Å². The van der Waals surface area contributed by atoms with E-state index in [0.717, 1.165) is 40.5 Å². The molecule has 120 valence electrons. The Hall–Kier alpha value is -2.43. The van der Waals surface area contributed by atoms with E-state index in [9.17, 15) is 0 Å². The number of hydrogen-bond donors (Lipinski definition) is 1. The molecule has 0 amide bonds. The normalized spacial score (nSPS) is 12.6. The topological polar surface area (TPSA) is 55.1 Å². The monoisotopic (exact) mass is 309 g/mol. The van der Waals surface area contributed by atoms with Crippen LogP contribution in [0.15, 0.2) is 24.4 Å². The molecule has 0 spiro atoms. The SMILES string of the molecule is CCC(Nc1cc(C)nc2c(C)c(C)nn12)c1ncccc1C. The van der Waals surface area contributed by atoms with Crippen molar-refractivity contribution in [1.82, 2.24) is 19.6 Å². The van der Waals surface area contributed by atoms with E-state index in [1.165, 1.54) is 5.56 Å². The first-order valence-electron chi connectivity index (χ1n) is 8.03. The van der Waals surface area contributed by atoms with Crippen molar-refractivity contribution < 1.29 is 0 Å². The van der Waals surface area contributed by atoms with E-state index >= 15 is 0 Å². The number of pyridine rings is 1. The maximum Gasteiger partial charge on any atom is 0.160 e. The van der Waals surface area contributed by atoms with Crippen molar-refractivity contribution >= 4 is 11.5 Å². The molecule has 0 bridgehead atoms. The Morgan fingerprint density at radius 1 is 1.22 bits per heavy atom. The minimum absolute atomic E-state index is 0.144. The fourth-order valence-electron chi connectivity index (χ4n) is 2.86. The standard InChI is InChI=1S/C18H23N5/c1-6-15(17-11(2)8-7-9-19-17)21-16-10-12(3)20-18-13(4)14(5)22-23(16)18/h7-10,15,21H,6H2,1-5H3. The number of nitrogens with one attached hydrogen (secondary N) is 1. The van der Waals surface area contributed by atoms with Crippen molar-refractivity contribution in [2.24, 2.45) is 0 Å². The number of fused-ring (bicyclic) bond motifs is 1. The van der Waals surface area contributed by atoms with Gasteiger partial charge in [-0.25, -0.2) is 4.98 Å². The summed E-state index contributed by atoms with van der Waals surface area (Å²) in [5, 5.41) is 8.24. The summed E-state index contributed by atoms with van der Waals surface area (Å²) in [7, 11) is 0. The number of nitrogens with zero attached hydrogens (tertiary/aromatic N) is 4. The minimum atomic E-state index is 0.144. The molecule has 3 heterocycles. The lowest BCUT2D eigenvalue weighted by atomic mass is 10.1. The van der Waals surface area contributed by atoms with Crippen molar-refractivity contribution in [3.05, 3.63) is 52.6 Å². The van der Waals surface area contributed by atoms with Gasteiger partial charge in [-0.1, -0.05) is 13.0 Å². The summed E-state index contributed by atoms with van der Waals surface area (Å²) < 4.78 is 1.90. The van der Waals surface area contributed by atoms with Gasteiger partial charge in [-0.3, -0.25) is 4.98 Å². The van der Waals surface area contributed by atoms with Gasteiger partial charge in [0.1, 0.15) is 5.82 Å². The van der Waals surface area contributed by atoms with E-state index in [2.05, 4.69) is 47.2 Å². The molecular formula is C18H23N5. The zero-order chi connectivity index (χ0) is 16.6. The Morgan fingerprint density at radius 3 is 2.70 bits per heavy atom. The number of rotatable bonds is 4. The molecule has 0 fully saturated rings. The predicted octanol–water partition coefficient (Wildman–Crippen LogP) is 3.92. The second-order valence-electron chi connectivity index (χ2n) is 6.04. The molecule has 0 aliphatic heterocycles. The van der Waals surface area contributed by atoms with E-state index in [0.29, 0.717) is 0 Å². The molecule has 1 N–H and O–H groups in total. The molecule has 3 aromatic rings. The van der Waals surface area contributed by atoms with Gasteiger partial charge < -0.3 is 5.32 Å². The maximum atomic E-state index is 4.63. The van der Waals surface area contributed by atoms with Crippen LogP contribution in [0.2, 0.25) is 0 Å². The first kappa shape index (κ1) is 15.5. The van der Waals surface area contributed by atoms with Crippen LogP contribution in [0, 0.1) is 27.7 Å². The van der Waals surface area contributed by atoms with Crippen LogP contribution in [0.3, 0.4) is 0 Å². The number of aryl methyl sites for hydroxylation is 4. The first-order chi connectivity index (χ1) is 11.0. The van der Waals surface area contributed by atoms with Crippen LogP contribution in [-0.2, 0) is 0 Å². The predicted molar refractivity (Wildman–Crippen MR) is 92.8 cm³/mol. The van der Waals surface area contributed by atoms with Crippen molar-refractivity contribution in [3.63, 3.8) is 0 Å². The highest BCUT2D eigenvalue weighted by molar-refractivity contribution is 5.56. The highest BCUT2D eigenvalue weighted by atomic mass is 15.3. The van der Waals surface area contributed by atoms with Crippen LogP contribution >= 0.6 is 0 Å². The number of hydrogen-bond acceptors (Lipinski definition) is 4. The molecule has 23 heavy (non-hydrogen) atoms. The summed E-state index contributed by atoms with van der Waals surface area (Å²) in [6.45, 7) is 10.4. The molecule has 0 aliphatic carbocycles. The molecule has 0 radical (unpaired) electrons. The molecule has 0 aliphatic rings. The maximum absolute atomic E-state index is 4.63. The summed E-state index contributed by atoms with van der Waals surface area (Å²) in [6.07, 6.45) is 2.79. The van der Waals surface area contributed by atoms with E-state index in [-0.39, 0.29) is 6.04 Å². The zero-order valence-electron chi connectivity index (χ0n) is 14.4. The summed E-state index contributed by atoms with van der Waals surface area (Å²) in [5.74, 6) is 0.959. The highest BCUT2D eigenvalue weighted by Gasteiger charge is 2.17. The molecule has 0 saturated heterocycles. The fourth-order valence-corrected chi connectivity index (χ4v) is 2.86. The van der Waals surface area contributed by atoms with Crippen LogP contribution in [0.25, 0.3) is 5.65 Å².